The van der Waals surface area contributed by atoms with Gasteiger partial charge in [-0.05, 0) is 0 Å². The molecule has 1 rings (SSSR count). The predicted octanol–water partition coefficient (Wildman–Crippen LogP) is 2.73. The second-order valence-corrected chi connectivity index (χ2v) is 6.96. The van der Waals surface area contributed by atoms with Crippen LogP contribution in [0.3, 0.4) is 0 Å². The van der Waals surface area contributed by atoms with Gasteiger partial charge in [-0.1, -0.05) is 0 Å². The van der Waals surface area contributed by atoms with E-state index in [1.807, 2.05) is 0 Å². The fourth-order valence-electron chi connectivity index (χ4n) is 1.84. The molecule has 0 saturated heterocycles. The molecule has 2 atom stereocenters. The third-order valence-electron chi connectivity index (χ3n) is 2.70. The van der Waals surface area contributed by atoms with Crippen LogP contribution in [0.15, 0.2) is 30.3 Å². The number of hydrogen-bond donors (Lipinski definition) is 1. The van der Waals surface area contributed by atoms with Gasteiger partial charge in [-0.25, -0.2) is 0 Å². The van der Waals surface area contributed by atoms with E-state index in [2.05, 4.69) is 44.2 Å². The molecule has 2 heteroatoms. The van der Waals surface area contributed by atoms with Crippen molar-refractivity contribution in [1.29, 1.82) is 0 Å². The van der Waals surface area contributed by atoms with E-state index in [4.69, 9.17) is 5.73 Å². The Morgan fingerprint density at radius 3 is 2.25 bits per heavy atom. The van der Waals surface area contributed by atoms with E-state index in [-0.39, 0.29) is 0 Å². The van der Waals surface area contributed by atoms with E-state index in [1.165, 1.54) is 30.1 Å². The maximum absolute atomic E-state index is 6.28. The van der Waals surface area contributed by atoms with Gasteiger partial charge in [0.25, 0.3) is 0 Å². The molecule has 0 aliphatic heterocycles. The summed E-state index contributed by atoms with van der Waals surface area (Å²) < 4.78 is 1.49. The third kappa shape index (κ3) is 4.69. The van der Waals surface area contributed by atoms with Crippen LogP contribution in [0.25, 0.3) is 0 Å². The molecule has 1 radical (unpaired) electrons. The first kappa shape index (κ1) is 13.8. The average molecular weight is 284 g/mol. The zero-order valence-corrected chi connectivity index (χ0v) is 12.1. The minimum atomic E-state index is 0.394. The van der Waals surface area contributed by atoms with Gasteiger partial charge in [0.15, 0.2) is 0 Å². The van der Waals surface area contributed by atoms with Crippen LogP contribution in [0.5, 0.6) is 0 Å². The first-order chi connectivity index (χ1) is 7.77. The fourth-order valence-corrected chi connectivity index (χ4v) is 4.62. The molecule has 16 heavy (non-hydrogen) atoms. The quantitative estimate of drug-likeness (QED) is 0.766. The average Bonchev–Trinajstić information content (AvgIpc) is 2.30. The van der Waals surface area contributed by atoms with Gasteiger partial charge in [-0.15, -0.1) is 0 Å². The number of benzene rings is 1. The molecule has 89 valence electrons. The van der Waals surface area contributed by atoms with Crippen LogP contribution >= 0.6 is 0 Å². The number of rotatable bonds is 7. The molecule has 0 saturated carbocycles. The van der Waals surface area contributed by atoms with Crippen molar-refractivity contribution in [2.75, 3.05) is 0 Å². The van der Waals surface area contributed by atoms with Crippen molar-refractivity contribution in [3.05, 3.63) is 30.3 Å². The number of nitrogens with two attached hydrogens (primary N) is 1. The summed E-state index contributed by atoms with van der Waals surface area (Å²) in [5, 5.41) is 0. The van der Waals surface area contributed by atoms with Crippen LogP contribution in [-0.2, 0) is 0 Å². The summed E-state index contributed by atoms with van der Waals surface area (Å²) in [5.41, 5.74) is 6.28. The summed E-state index contributed by atoms with van der Waals surface area (Å²) in [7, 11) is 0. The van der Waals surface area contributed by atoms with Gasteiger partial charge in [-0.2, -0.15) is 0 Å². The predicted molar refractivity (Wildman–Crippen MR) is 73.4 cm³/mol. The second kappa shape index (κ2) is 7.89. The van der Waals surface area contributed by atoms with Gasteiger partial charge in [-0.3, -0.25) is 0 Å². The Morgan fingerprint density at radius 2 is 1.69 bits per heavy atom. The van der Waals surface area contributed by atoms with E-state index >= 15 is 0 Å². The topological polar surface area (TPSA) is 26.0 Å². The number of hydrogen-bond acceptors (Lipinski definition) is 1. The van der Waals surface area contributed by atoms with Gasteiger partial charge < -0.3 is 0 Å². The third-order valence-corrected chi connectivity index (χ3v) is 5.71. The first-order valence-corrected chi connectivity index (χ1v) is 8.09. The molecule has 2 unspecified atom stereocenters. The van der Waals surface area contributed by atoms with Crippen LogP contribution in [0.1, 0.15) is 39.5 Å². The minimum absolute atomic E-state index is 0.394. The van der Waals surface area contributed by atoms with Crippen LogP contribution < -0.4 is 10.2 Å². The molecule has 0 aliphatic rings. The van der Waals surface area contributed by atoms with Gasteiger partial charge in [0.1, 0.15) is 0 Å². The van der Waals surface area contributed by atoms with Crippen LogP contribution in [0.2, 0.25) is 4.82 Å². The molecule has 2 N–H and O–H groups in total. The molecular formula is C14H23NSe+. The van der Waals surface area contributed by atoms with Gasteiger partial charge in [0.05, 0.1) is 0 Å². The molecular weight excluding hydrogens is 261 g/mol. The molecule has 1 nitrogen and oxygen atoms in total. The van der Waals surface area contributed by atoms with Crippen LogP contribution in [0.4, 0.5) is 0 Å². The molecule has 0 heterocycles. The molecule has 1 aromatic carbocycles. The first-order valence-electron chi connectivity index (χ1n) is 6.25. The SMILES string of the molecule is CCCC(N)C(CCC)[Se+]c1ccccc1. The van der Waals surface area contributed by atoms with Crippen molar-refractivity contribution < 1.29 is 0 Å². The molecule has 0 fully saturated rings. The normalized spacial score (nSPS) is 14.7. The Morgan fingerprint density at radius 1 is 1.06 bits per heavy atom. The van der Waals surface area contributed by atoms with Gasteiger partial charge in [0, 0.05) is 0 Å². The summed E-state index contributed by atoms with van der Waals surface area (Å²) >= 11 is 0.534. The Balaban J connectivity index is 2.57. The van der Waals surface area contributed by atoms with E-state index in [0.29, 0.717) is 25.8 Å². The summed E-state index contributed by atoms with van der Waals surface area (Å²) in [6.45, 7) is 4.48. The maximum atomic E-state index is 6.28. The van der Waals surface area contributed by atoms with Crippen LogP contribution in [0, 0.1) is 0 Å². The summed E-state index contributed by atoms with van der Waals surface area (Å²) in [6.07, 6.45) is 4.89. The van der Waals surface area contributed by atoms with Crippen molar-refractivity contribution in [2.24, 2.45) is 5.73 Å². The molecule has 1 aromatic rings. The fraction of sp³-hybridized carbons (Fsp3) is 0.571. The molecule has 0 spiro atoms. The molecule has 0 aromatic heterocycles. The zero-order chi connectivity index (χ0) is 11.8. The van der Waals surface area contributed by atoms with Crippen molar-refractivity contribution in [2.45, 2.75) is 50.4 Å². The van der Waals surface area contributed by atoms with Gasteiger partial charge in [0.2, 0.25) is 0 Å². The summed E-state index contributed by atoms with van der Waals surface area (Å²) in [4.78, 5) is 0.708. The van der Waals surface area contributed by atoms with Gasteiger partial charge >= 0.3 is 106 Å². The summed E-state index contributed by atoms with van der Waals surface area (Å²) in [6, 6.07) is 11.2. The van der Waals surface area contributed by atoms with E-state index in [1.54, 1.807) is 0 Å². The van der Waals surface area contributed by atoms with Crippen molar-refractivity contribution in [3.63, 3.8) is 0 Å². The molecule has 0 aliphatic carbocycles. The Hall–Kier alpha value is -0.301. The van der Waals surface area contributed by atoms with Crippen molar-refractivity contribution in [1.82, 2.24) is 0 Å². The monoisotopic (exact) mass is 285 g/mol. The van der Waals surface area contributed by atoms with Crippen molar-refractivity contribution >= 4 is 19.4 Å². The Kier molecular flexibility index (Phi) is 6.79. The Bertz CT molecular complexity index is 273. The Labute approximate surface area is 106 Å². The van der Waals surface area contributed by atoms with E-state index < -0.39 is 0 Å². The second-order valence-electron chi connectivity index (χ2n) is 4.21. The summed E-state index contributed by atoms with van der Waals surface area (Å²) in [5.74, 6) is 0. The van der Waals surface area contributed by atoms with Crippen LogP contribution in [-0.4, -0.2) is 21.0 Å². The zero-order valence-electron chi connectivity index (χ0n) is 10.4. The molecule has 0 amide bonds. The molecule has 0 bridgehead atoms. The van der Waals surface area contributed by atoms with E-state index in [9.17, 15) is 0 Å². The van der Waals surface area contributed by atoms with E-state index in [0.717, 1.165) is 0 Å². The standard InChI is InChI=1S/C14H23NSe/c1-3-8-13(15)14(9-4-2)16-12-10-6-5-7-11-12/h5-7,10-11,13-14H,3-4,8-9,15H2,1-2H3/q+1. The van der Waals surface area contributed by atoms with Crippen molar-refractivity contribution in [3.8, 4) is 0 Å².